The number of para-hydroxylation sites is 1. The van der Waals surface area contributed by atoms with E-state index in [1.54, 1.807) is 38.5 Å². The second kappa shape index (κ2) is 10.0. The van der Waals surface area contributed by atoms with Gasteiger partial charge >= 0.3 is 5.97 Å². The Labute approximate surface area is 158 Å². The lowest BCUT2D eigenvalue weighted by Crippen LogP contribution is -2.42. The van der Waals surface area contributed by atoms with Crippen LogP contribution in [-0.2, 0) is 20.7 Å². The molecule has 0 aromatic heterocycles. The molecule has 27 heavy (non-hydrogen) atoms. The highest BCUT2D eigenvalue weighted by atomic mass is 16.5. The Balaban J connectivity index is 2.07. The topological polar surface area (TPSA) is 73.9 Å². The molecular weight excluding hydrogens is 346 g/mol. The Morgan fingerprint density at radius 2 is 1.70 bits per heavy atom. The van der Waals surface area contributed by atoms with E-state index < -0.39 is 17.9 Å². The maximum Gasteiger partial charge on any atom is 0.328 e. The van der Waals surface area contributed by atoms with E-state index in [4.69, 9.17) is 14.2 Å². The number of ether oxygens (including phenoxy) is 3. The van der Waals surface area contributed by atoms with Crippen molar-refractivity contribution in [3.8, 4) is 11.5 Å². The predicted molar refractivity (Wildman–Crippen MR) is 103 cm³/mol. The normalized spacial score (nSPS) is 11.7. The summed E-state index contributed by atoms with van der Waals surface area (Å²) in [5.41, 5.74) is 1.64. The van der Waals surface area contributed by atoms with Gasteiger partial charge in [-0.05, 0) is 29.8 Å². The molecule has 2 aromatic carbocycles. The summed E-state index contributed by atoms with van der Waals surface area (Å²) in [6, 6.07) is 13.8. The molecule has 0 saturated heterocycles. The summed E-state index contributed by atoms with van der Waals surface area (Å²) < 4.78 is 15.2. The van der Waals surface area contributed by atoms with Crippen LogP contribution >= 0.6 is 0 Å². The highest BCUT2D eigenvalue weighted by Gasteiger charge is 2.21. The second-order valence-electron chi connectivity index (χ2n) is 5.71. The first kappa shape index (κ1) is 20.0. The lowest BCUT2D eigenvalue weighted by atomic mass is 10.1. The molecule has 0 aliphatic carbocycles. The van der Waals surface area contributed by atoms with Crippen molar-refractivity contribution in [2.75, 3.05) is 21.3 Å². The van der Waals surface area contributed by atoms with E-state index in [1.807, 2.05) is 30.3 Å². The molecule has 0 radical (unpaired) electrons. The van der Waals surface area contributed by atoms with E-state index in [2.05, 4.69) is 5.32 Å². The number of nitrogens with one attached hydrogen (secondary N) is 1. The predicted octanol–water partition coefficient (Wildman–Crippen LogP) is 2.62. The van der Waals surface area contributed by atoms with Crippen LogP contribution in [0, 0.1) is 0 Å². The van der Waals surface area contributed by atoms with Crippen molar-refractivity contribution >= 4 is 18.0 Å². The molecule has 0 fully saturated rings. The third-order valence-corrected chi connectivity index (χ3v) is 3.95. The molecular formula is C21H23NO5. The maximum absolute atomic E-state index is 12.3. The smallest absolute Gasteiger partial charge is 0.328 e. The fourth-order valence-corrected chi connectivity index (χ4v) is 2.52. The van der Waals surface area contributed by atoms with Crippen LogP contribution in [0.15, 0.2) is 54.6 Å². The minimum absolute atomic E-state index is 0.310. The van der Waals surface area contributed by atoms with Crippen LogP contribution in [0.25, 0.3) is 6.08 Å². The van der Waals surface area contributed by atoms with Gasteiger partial charge in [0.2, 0.25) is 5.91 Å². The Hall–Kier alpha value is -3.28. The Morgan fingerprint density at radius 3 is 2.33 bits per heavy atom. The van der Waals surface area contributed by atoms with Crippen molar-refractivity contribution in [3.63, 3.8) is 0 Å². The molecule has 0 saturated carbocycles. The van der Waals surface area contributed by atoms with E-state index in [0.717, 1.165) is 16.9 Å². The van der Waals surface area contributed by atoms with Gasteiger partial charge < -0.3 is 19.5 Å². The summed E-state index contributed by atoms with van der Waals surface area (Å²) in [5, 5.41) is 2.68. The minimum atomic E-state index is -0.793. The van der Waals surface area contributed by atoms with Gasteiger partial charge in [-0.25, -0.2) is 4.79 Å². The number of hydrogen-bond donors (Lipinski definition) is 1. The number of benzene rings is 2. The van der Waals surface area contributed by atoms with Gasteiger partial charge in [-0.1, -0.05) is 30.3 Å². The van der Waals surface area contributed by atoms with E-state index in [-0.39, 0.29) is 0 Å². The molecule has 6 nitrogen and oxygen atoms in total. The van der Waals surface area contributed by atoms with E-state index in [9.17, 15) is 9.59 Å². The monoisotopic (exact) mass is 369 g/mol. The van der Waals surface area contributed by atoms with E-state index in [0.29, 0.717) is 12.2 Å². The molecule has 1 atom stereocenters. The van der Waals surface area contributed by atoms with Crippen LogP contribution in [0.5, 0.6) is 11.5 Å². The molecule has 6 heteroatoms. The Kier molecular flexibility index (Phi) is 7.43. The zero-order chi connectivity index (χ0) is 19.6. The lowest BCUT2D eigenvalue weighted by molar-refractivity contribution is -0.144. The van der Waals surface area contributed by atoms with Crippen LogP contribution in [0.3, 0.4) is 0 Å². The summed E-state index contributed by atoms with van der Waals surface area (Å²) >= 11 is 0. The van der Waals surface area contributed by atoms with Gasteiger partial charge in [-0.15, -0.1) is 0 Å². The molecule has 0 heterocycles. The highest BCUT2D eigenvalue weighted by Crippen LogP contribution is 2.18. The first-order valence-electron chi connectivity index (χ1n) is 8.39. The van der Waals surface area contributed by atoms with Crippen molar-refractivity contribution < 1.29 is 23.8 Å². The van der Waals surface area contributed by atoms with Crippen molar-refractivity contribution in [1.82, 2.24) is 5.32 Å². The number of methoxy groups -OCH3 is 3. The molecule has 2 rings (SSSR count). The van der Waals surface area contributed by atoms with Crippen molar-refractivity contribution in [2.24, 2.45) is 0 Å². The third kappa shape index (κ3) is 5.88. The van der Waals surface area contributed by atoms with E-state index in [1.165, 1.54) is 13.2 Å². The van der Waals surface area contributed by atoms with Gasteiger partial charge in [-0.2, -0.15) is 0 Å². The zero-order valence-electron chi connectivity index (χ0n) is 15.6. The molecule has 142 valence electrons. The first-order valence-corrected chi connectivity index (χ1v) is 8.39. The largest absolute Gasteiger partial charge is 0.497 e. The van der Waals surface area contributed by atoms with Gasteiger partial charge in [0.15, 0.2) is 0 Å². The number of amides is 1. The summed E-state index contributed by atoms with van der Waals surface area (Å²) in [7, 11) is 4.44. The van der Waals surface area contributed by atoms with Gasteiger partial charge in [0.1, 0.15) is 17.5 Å². The summed E-state index contributed by atoms with van der Waals surface area (Å²) in [6.45, 7) is 0. The molecule has 1 amide bonds. The average Bonchev–Trinajstić information content (AvgIpc) is 2.71. The number of esters is 1. The molecule has 0 aliphatic heterocycles. The highest BCUT2D eigenvalue weighted by molar-refractivity contribution is 5.95. The third-order valence-electron chi connectivity index (χ3n) is 3.95. The number of carbonyl (C=O) groups is 2. The lowest BCUT2D eigenvalue weighted by Gasteiger charge is -2.16. The standard InChI is InChI=1S/C21H23NO5/c1-25-17-11-8-15(9-12-17)14-18(21(24)27-3)22-20(23)13-10-16-6-4-5-7-19(16)26-2/h4-13,18H,14H2,1-3H3,(H,22,23)/t18-/m0/s1. The zero-order valence-corrected chi connectivity index (χ0v) is 15.6. The number of rotatable bonds is 8. The quantitative estimate of drug-likeness (QED) is 0.572. The van der Waals surface area contributed by atoms with Gasteiger partial charge in [0.05, 0.1) is 21.3 Å². The van der Waals surface area contributed by atoms with Gasteiger partial charge in [0, 0.05) is 18.1 Å². The van der Waals surface area contributed by atoms with Gasteiger partial charge in [0.25, 0.3) is 0 Å². The average molecular weight is 369 g/mol. The molecule has 0 unspecified atom stereocenters. The molecule has 0 bridgehead atoms. The Morgan fingerprint density at radius 1 is 1.00 bits per heavy atom. The maximum atomic E-state index is 12.3. The number of carbonyl (C=O) groups excluding carboxylic acids is 2. The molecule has 0 spiro atoms. The fourth-order valence-electron chi connectivity index (χ4n) is 2.52. The SMILES string of the molecule is COC(=O)[C@H](Cc1ccc(OC)cc1)NC(=O)C=Cc1ccccc1OC. The summed E-state index contributed by atoms with van der Waals surface area (Å²) in [4.78, 5) is 24.3. The summed E-state index contributed by atoms with van der Waals surface area (Å²) in [5.74, 6) is 0.469. The van der Waals surface area contributed by atoms with Gasteiger partial charge in [-0.3, -0.25) is 4.79 Å². The van der Waals surface area contributed by atoms with Crippen LogP contribution < -0.4 is 14.8 Å². The van der Waals surface area contributed by atoms with Crippen LogP contribution in [0.2, 0.25) is 0 Å². The Bertz CT molecular complexity index is 798. The molecule has 2 aromatic rings. The molecule has 0 aliphatic rings. The first-order chi connectivity index (χ1) is 13.1. The number of hydrogen-bond acceptors (Lipinski definition) is 5. The van der Waals surface area contributed by atoms with E-state index >= 15 is 0 Å². The minimum Gasteiger partial charge on any atom is -0.497 e. The van der Waals surface area contributed by atoms with Crippen molar-refractivity contribution in [1.29, 1.82) is 0 Å². The van der Waals surface area contributed by atoms with Crippen LogP contribution in [-0.4, -0.2) is 39.2 Å². The van der Waals surface area contributed by atoms with Crippen LogP contribution in [0.1, 0.15) is 11.1 Å². The molecule has 1 N–H and O–H groups in total. The second-order valence-corrected chi connectivity index (χ2v) is 5.71. The van der Waals surface area contributed by atoms with Crippen molar-refractivity contribution in [3.05, 3.63) is 65.7 Å². The summed E-state index contributed by atoms with van der Waals surface area (Å²) in [6.07, 6.45) is 3.31. The van der Waals surface area contributed by atoms with Crippen LogP contribution in [0.4, 0.5) is 0 Å². The van der Waals surface area contributed by atoms with Crippen molar-refractivity contribution in [2.45, 2.75) is 12.5 Å². The fraction of sp³-hybridized carbons (Fsp3) is 0.238.